The van der Waals surface area contributed by atoms with Gasteiger partial charge in [-0.3, -0.25) is 9.48 Å². The molecule has 2 aromatic heterocycles. The molecule has 0 saturated carbocycles. The zero-order chi connectivity index (χ0) is 15.4. The highest BCUT2D eigenvalue weighted by molar-refractivity contribution is 6.32. The van der Waals surface area contributed by atoms with Gasteiger partial charge >= 0.3 is 0 Å². The quantitative estimate of drug-likeness (QED) is 0.579. The Morgan fingerprint density at radius 2 is 2.05 bits per heavy atom. The minimum atomic E-state index is 0.115. The van der Waals surface area contributed by atoms with E-state index in [1.165, 1.54) is 6.33 Å². The summed E-state index contributed by atoms with van der Waals surface area (Å²) >= 11 is 5.87. The maximum Gasteiger partial charge on any atom is 0.156 e. The van der Waals surface area contributed by atoms with Crippen LogP contribution >= 0.6 is 11.6 Å². The molecule has 2 heterocycles. The van der Waals surface area contributed by atoms with Gasteiger partial charge in [0.1, 0.15) is 17.3 Å². The van der Waals surface area contributed by atoms with Crippen LogP contribution < -0.4 is 5.32 Å². The highest BCUT2D eigenvalue weighted by Crippen LogP contribution is 2.21. The van der Waals surface area contributed by atoms with Gasteiger partial charge in [-0.05, 0) is 5.56 Å². The van der Waals surface area contributed by atoms with Crippen LogP contribution in [0.1, 0.15) is 15.9 Å². The van der Waals surface area contributed by atoms with Gasteiger partial charge in [-0.25, -0.2) is 9.97 Å². The van der Waals surface area contributed by atoms with Crippen molar-refractivity contribution in [2.45, 2.75) is 6.54 Å². The first kappa shape index (κ1) is 14.2. The van der Waals surface area contributed by atoms with E-state index in [1.54, 1.807) is 10.9 Å². The molecule has 0 fully saturated rings. The summed E-state index contributed by atoms with van der Waals surface area (Å²) < 4.78 is 1.79. The van der Waals surface area contributed by atoms with Crippen LogP contribution in [0, 0.1) is 0 Å². The number of anilines is 2. The number of carbonyl (C=O) groups is 1. The Morgan fingerprint density at radius 1 is 1.23 bits per heavy atom. The highest BCUT2D eigenvalue weighted by atomic mass is 35.5. The average Bonchev–Trinajstić information content (AvgIpc) is 2.96. The number of aromatic nitrogens is 4. The molecule has 0 saturated heterocycles. The lowest BCUT2D eigenvalue weighted by atomic mass is 10.2. The van der Waals surface area contributed by atoms with E-state index >= 15 is 0 Å². The zero-order valence-electron chi connectivity index (χ0n) is 11.5. The van der Waals surface area contributed by atoms with Crippen LogP contribution in [0.25, 0.3) is 0 Å². The van der Waals surface area contributed by atoms with Gasteiger partial charge in [0.15, 0.2) is 6.29 Å². The Morgan fingerprint density at radius 3 is 2.82 bits per heavy atom. The molecular weight excluding hydrogens is 302 g/mol. The normalized spacial score (nSPS) is 10.4. The molecule has 0 unspecified atom stereocenters. The lowest BCUT2D eigenvalue weighted by molar-refractivity contribution is 0.112. The molecular formula is C15H12ClN5O. The van der Waals surface area contributed by atoms with Crippen molar-refractivity contribution in [3.8, 4) is 0 Å². The molecule has 0 aliphatic carbocycles. The van der Waals surface area contributed by atoms with Gasteiger partial charge in [0, 0.05) is 6.20 Å². The summed E-state index contributed by atoms with van der Waals surface area (Å²) in [5.74, 6) is 0.356. The molecule has 0 atom stereocenters. The zero-order valence-corrected chi connectivity index (χ0v) is 12.2. The molecule has 3 rings (SSSR count). The fourth-order valence-corrected chi connectivity index (χ4v) is 2.18. The molecule has 0 amide bonds. The lowest BCUT2D eigenvalue weighted by Crippen LogP contribution is -2.01. The van der Waals surface area contributed by atoms with Gasteiger partial charge < -0.3 is 5.32 Å². The van der Waals surface area contributed by atoms with E-state index < -0.39 is 0 Å². The molecule has 0 radical (unpaired) electrons. The van der Waals surface area contributed by atoms with Crippen LogP contribution in [0.15, 0.2) is 49.1 Å². The van der Waals surface area contributed by atoms with Crippen LogP contribution in [0.5, 0.6) is 0 Å². The van der Waals surface area contributed by atoms with Crippen LogP contribution in [0.2, 0.25) is 5.15 Å². The average molecular weight is 314 g/mol. The van der Waals surface area contributed by atoms with Crippen molar-refractivity contribution in [2.24, 2.45) is 0 Å². The monoisotopic (exact) mass is 313 g/mol. The van der Waals surface area contributed by atoms with Crippen molar-refractivity contribution in [1.82, 2.24) is 19.7 Å². The minimum absolute atomic E-state index is 0.115. The molecule has 22 heavy (non-hydrogen) atoms. The van der Waals surface area contributed by atoms with Gasteiger partial charge in [0.05, 0.1) is 24.0 Å². The summed E-state index contributed by atoms with van der Waals surface area (Å²) in [6.45, 7) is 0.660. The number of benzene rings is 1. The van der Waals surface area contributed by atoms with Crippen molar-refractivity contribution in [1.29, 1.82) is 0 Å². The Bertz CT molecular complexity index is 788. The fraction of sp³-hybridized carbons (Fsp3) is 0.0667. The predicted octanol–water partition coefficient (Wildman–Crippen LogP) is 2.93. The van der Waals surface area contributed by atoms with E-state index in [9.17, 15) is 4.79 Å². The molecule has 3 aromatic rings. The van der Waals surface area contributed by atoms with Crippen LogP contribution in [-0.2, 0) is 6.54 Å². The van der Waals surface area contributed by atoms with Crippen molar-refractivity contribution < 1.29 is 4.79 Å². The van der Waals surface area contributed by atoms with E-state index in [4.69, 9.17) is 11.6 Å². The Balaban J connectivity index is 1.78. The second kappa shape index (κ2) is 6.36. The lowest BCUT2D eigenvalue weighted by Gasteiger charge is -2.05. The summed E-state index contributed by atoms with van der Waals surface area (Å²) in [6, 6.07) is 10.0. The maximum absolute atomic E-state index is 11.1. The number of nitrogens with one attached hydrogen (secondary N) is 1. The van der Waals surface area contributed by atoms with Gasteiger partial charge in [-0.2, -0.15) is 5.10 Å². The minimum Gasteiger partial charge on any atom is -0.337 e. The molecule has 110 valence electrons. The summed E-state index contributed by atoms with van der Waals surface area (Å²) in [5.41, 5.74) is 2.09. The molecule has 6 nitrogen and oxygen atoms in total. The molecule has 0 bridgehead atoms. The molecule has 1 N–H and O–H groups in total. The van der Waals surface area contributed by atoms with Crippen molar-refractivity contribution in [3.05, 3.63) is 65.3 Å². The maximum atomic E-state index is 11.1. The van der Waals surface area contributed by atoms with E-state index in [1.807, 2.05) is 36.5 Å². The second-order valence-corrected chi connectivity index (χ2v) is 4.94. The Kier molecular flexibility index (Phi) is 4.11. The Hall–Kier alpha value is -2.73. The molecule has 1 aromatic carbocycles. The summed E-state index contributed by atoms with van der Waals surface area (Å²) in [6.07, 6.45) is 5.41. The van der Waals surface area contributed by atoms with E-state index in [0.717, 1.165) is 5.56 Å². The Labute approximate surface area is 131 Å². The standard InChI is InChI=1S/C15H12ClN5O/c16-14-13(9-22)15(18-10-17-14)20-12-6-19-21(8-12)7-11-4-2-1-3-5-11/h1-6,8-10H,7H2,(H,17,18,20). The molecule has 7 heteroatoms. The number of carbonyl (C=O) groups excluding carboxylic acids is 1. The fourth-order valence-electron chi connectivity index (χ4n) is 2.00. The third kappa shape index (κ3) is 3.12. The first-order chi connectivity index (χ1) is 10.8. The first-order valence-corrected chi connectivity index (χ1v) is 6.93. The van der Waals surface area contributed by atoms with Gasteiger partial charge in [0.2, 0.25) is 0 Å². The number of halogens is 1. The summed E-state index contributed by atoms with van der Waals surface area (Å²) in [7, 11) is 0. The predicted molar refractivity (Wildman–Crippen MR) is 83.5 cm³/mol. The molecule has 0 spiro atoms. The van der Waals surface area contributed by atoms with E-state index in [2.05, 4.69) is 20.4 Å². The number of nitrogens with zero attached hydrogens (tertiary/aromatic N) is 4. The van der Waals surface area contributed by atoms with Crippen LogP contribution in [-0.4, -0.2) is 26.0 Å². The van der Waals surface area contributed by atoms with Gasteiger partial charge in [-0.15, -0.1) is 0 Å². The van der Waals surface area contributed by atoms with Gasteiger partial charge in [-0.1, -0.05) is 41.9 Å². The summed E-state index contributed by atoms with van der Waals surface area (Å²) in [5, 5.41) is 7.41. The smallest absolute Gasteiger partial charge is 0.156 e. The first-order valence-electron chi connectivity index (χ1n) is 6.55. The number of hydrogen-bond donors (Lipinski definition) is 1. The number of aldehydes is 1. The second-order valence-electron chi connectivity index (χ2n) is 4.58. The summed E-state index contributed by atoms with van der Waals surface area (Å²) in [4.78, 5) is 18.9. The third-order valence-electron chi connectivity index (χ3n) is 3.04. The topological polar surface area (TPSA) is 72.7 Å². The van der Waals surface area contributed by atoms with Crippen LogP contribution in [0.4, 0.5) is 11.5 Å². The molecule has 0 aliphatic rings. The molecule has 0 aliphatic heterocycles. The van der Waals surface area contributed by atoms with Crippen LogP contribution in [0.3, 0.4) is 0 Å². The highest BCUT2D eigenvalue weighted by Gasteiger charge is 2.10. The number of hydrogen-bond acceptors (Lipinski definition) is 5. The van der Waals surface area contributed by atoms with E-state index in [-0.39, 0.29) is 10.7 Å². The largest absolute Gasteiger partial charge is 0.337 e. The SMILES string of the molecule is O=Cc1c(Cl)ncnc1Nc1cnn(Cc2ccccc2)c1. The van der Waals surface area contributed by atoms with Crippen molar-refractivity contribution >= 4 is 29.4 Å². The number of rotatable bonds is 5. The van der Waals surface area contributed by atoms with Gasteiger partial charge in [0.25, 0.3) is 0 Å². The third-order valence-corrected chi connectivity index (χ3v) is 3.34. The van der Waals surface area contributed by atoms with Crippen molar-refractivity contribution in [3.63, 3.8) is 0 Å². The van der Waals surface area contributed by atoms with E-state index in [0.29, 0.717) is 24.3 Å². The van der Waals surface area contributed by atoms with Crippen molar-refractivity contribution in [2.75, 3.05) is 5.32 Å².